The number of pyridine rings is 1. The van der Waals surface area contributed by atoms with Crippen molar-refractivity contribution in [3.8, 4) is 0 Å². The van der Waals surface area contributed by atoms with Crippen molar-refractivity contribution in [2.24, 2.45) is 0 Å². The second-order valence-electron chi connectivity index (χ2n) is 4.35. The van der Waals surface area contributed by atoms with Crippen LogP contribution in [0.5, 0.6) is 0 Å². The number of oxazole rings is 1. The number of aryl methyl sites for hydroxylation is 2. The van der Waals surface area contributed by atoms with E-state index >= 15 is 0 Å². The van der Waals surface area contributed by atoms with E-state index in [0.29, 0.717) is 0 Å². The molecule has 0 aliphatic heterocycles. The van der Waals surface area contributed by atoms with Crippen molar-refractivity contribution >= 4 is 22.0 Å². The van der Waals surface area contributed by atoms with E-state index in [1.54, 1.807) is 6.20 Å². The summed E-state index contributed by atoms with van der Waals surface area (Å²) in [6.07, 6.45) is 3.71. The van der Waals surface area contributed by atoms with E-state index < -0.39 is 0 Å². The summed E-state index contributed by atoms with van der Waals surface area (Å²) in [6.45, 7) is 4.18. The monoisotopic (exact) mass is 226 g/mol. The van der Waals surface area contributed by atoms with Crippen LogP contribution in [-0.4, -0.2) is 9.97 Å². The van der Waals surface area contributed by atoms with E-state index in [-0.39, 0.29) is 0 Å². The van der Waals surface area contributed by atoms with Gasteiger partial charge in [-0.3, -0.25) is 4.98 Å². The molecule has 0 aliphatic carbocycles. The maximum Gasteiger partial charge on any atom is 0.195 e. The molecule has 2 aromatic heterocycles. The SMILES string of the molecule is CCCc1nc2cnc3cc(C)ccc3c2o1. The van der Waals surface area contributed by atoms with Gasteiger partial charge in [-0.1, -0.05) is 13.0 Å². The van der Waals surface area contributed by atoms with Crippen LogP contribution in [0.25, 0.3) is 22.0 Å². The Morgan fingerprint density at radius 1 is 1.24 bits per heavy atom. The molecule has 0 amide bonds. The third kappa shape index (κ3) is 1.68. The Hall–Kier alpha value is -1.90. The number of nitrogens with zero attached hydrogens (tertiary/aromatic N) is 2. The third-order valence-electron chi connectivity index (χ3n) is 2.89. The average molecular weight is 226 g/mol. The fraction of sp³-hybridized carbons (Fsp3) is 0.286. The first-order valence-corrected chi connectivity index (χ1v) is 5.92. The molecule has 3 rings (SSSR count). The van der Waals surface area contributed by atoms with Gasteiger partial charge in [-0.05, 0) is 31.0 Å². The number of aromatic nitrogens is 2. The molecule has 0 N–H and O–H groups in total. The van der Waals surface area contributed by atoms with Crippen LogP contribution in [0.4, 0.5) is 0 Å². The summed E-state index contributed by atoms with van der Waals surface area (Å²) in [6, 6.07) is 6.20. The molecule has 0 radical (unpaired) electrons. The predicted molar refractivity (Wildman–Crippen MR) is 68.0 cm³/mol. The molecule has 0 bridgehead atoms. The number of fused-ring (bicyclic) bond motifs is 3. The lowest BCUT2D eigenvalue weighted by Crippen LogP contribution is -1.81. The van der Waals surface area contributed by atoms with Gasteiger partial charge < -0.3 is 4.42 Å². The molecule has 0 spiro atoms. The fourth-order valence-corrected chi connectivity index (χ4v) is 2.05. The molecule has 17 heavy (non-hydrogen) atoms. The summed E-state index contributed by atoms with van der Waals surface area (Å²) < 4.78 is 5.81. The molecule has 0 saturated carbocycles. The van der Waals surface area contributed by atoms with Crippen molar-refractivity contribution in [1.29, 1.82) is 0 Å². The Balaban J connectivity index is 2.31. The highest BCUT2D eigenvalue weighted by molar-refractivity contribution is 6.00. The second kappa shape index (κ2) is 3.84. The summed E-state index contributed by atoms with van der Waals surface area (Å²) in [5, 5.41) is 1.04. The highest BCUT2D eigenvalue weighted by atomic mass is 16.3. The number of hydrogen-bond acceptors (Lipinski definition) is 3. The van der Waals surface area contributed by atoms with Gasteiger partial charge in [0.25, 0.3) is 0 Å². The molecule has 2 heterocycles. The lowest BCUT2D eigenvalue weighted by atomic mass is 10.1. The molecular weight excluding hydrogens is 212 g/mol. The Kier molecular flexibility index (Phi) is 2.32. The van der Waals surface area contributed by atoms with Crippen LogP contribution in [0, 0.1) is 6.92 Å². The minimum Gasteiger partial charge on any atom is -0.440 e. The Morgan fingerprint density at radius 3 is 2.94 bits per heavy atom. The Bertz CT molecular complexity index is 685. The van der Waals surface area contributed by atoms with Crippen molar-refractivity contribution in [2.75, 3.05) is 0 Å². The van der Waals surface area contributed by atoms with Gasteiger partial charge in [0, 0.05) is 11.8 Å². The van der Waals surface area contributed by atoms with Crippen LogP contribution in [0.15, 0.2) is 28.8 Å². The zero-order chi connectivity index (χ0) is 11.8. The van der Waals surface area contributed by atoms with Gasteiger partial charge in [0.15, 0.2) is 11.5 Å². The van der Waals surface area contributed by atoms with Gasteiger partial charge in [-0.25, -0.2) is 4.98 Å². The molecule has 0 fully saturated rings. The van der Waals surface area contributed by atoms with E-state index in [9.17, 15) is 0 Å². The van der Waals surface area contributed by atoms with Crippen molar-refractivity contribution < 1.29 is 4.42 Å². The van der Waals surface area contributed by atoms with Gasteiger partial charge in [0.2, 0.25) is 0 Å². The molecule has 0 unspecified atom stereocenters. The Morgan fingerprint density at radius 2 is 2.12 bits per heavy atom. The number of benzene rings is 1. The first-order chi connectivity index (χ1) is 8.28. The molecule has 3 nitrogen and oxygen atoms in total. The molecule has 3 heteroatoms. The summed E-state index contributed by atoms with van der Waals surface area (Å²) in [5.41, 5.74) is 3.89. The average Bonchev–Trinajstić information content (AvgIpc) is 2.72. The van der Waals surface area contributed by atoms with Crippen molar-refractivity contribution in [3.05, 3.63) is 35.9 Å². The number of rotatable bonds is 2. The van der Waals surface area contributed by atoms with Crippen LogP contribution in [0.3, 0.4) is 0 Å². The lowest BCUT2D eigenvalue weighted by molar-refractivity contribution is 0.527. The van der Waals surface area contributed by atoms with Gasteiger partial charge in [0.1, 0.15) is 5.52 Å². The van der Waals surface area contributed by atoms with E-state index in [0.717, 1.165) is 40.7 Å². The predicted octanol–water partition coefficient (Wildman–Crippen LogP) is 3.64. The minimum atomic E-state index is 0.803. The van der Waals surface area contributed by atoms with Crippen LogP contribution in [-0.2, 0) is 6.42 Å². The largest absolute Gasteiger partial charge is 0.440 e. The lowest BCUT2D eigenvalue weighted by Gasteiger charge is -1.98. The zero-order valence-corrected chi connectivity index (χ0v) is 10.0. The topological polar surface area (TPSA) is 38.9 Å². The van der Waals surface area contributed by atoms with Gasteiger partial charge in [0.05, 0.1) is 11.7 Å². The molecule has 0 atom stereocenters. The molecule has 0 saturated heterocycles. The van der Waals surface area contributed by atoms with Crippen molar-refractivity contribution in [1.82, 2.24) is 9.97 Å². The van der Waals surface area contributed by atoms with E-state index in [4.69, 9.17) is 4.42 Å². The van der Waals surface area contributed by atoms with Crippen molar-refractivity contribution in [3.63, 3.8) is 0 Å². The van der Waals surface area contributed by atoms with Gasteiger partial charge >= 0.3 is 0 Å². The quantitative estimate of drug-likeness (QED) is 0.669. The molecule has 1 aromatic carbocycles. The second-order valence-corrected chi connectivity index (χ2v) is 4.35. The maximum absolute atomic E-state index is 5.81. The molecule has 86 valence electrons. The van der Waals surface area contributed by atoms with Crippen LogP contribution >= 0.6 is 0 Å². The first-order valence-electron chi connectivity index (χ1n) is 5.92. The van der Waals surface area contributed by atoms with Crippen molar-refractivity contribution in [2.45, 2.75) is 26.7 Å². The smallest absolute Gasteiger partial charge is 0.195 e. The summed E-state index contributed by atoms with van der Waals surface area (Å²) in [5.74, 6) is 0.803. The maximum atomic E-state index is 5.81. The van der Waals surface area contributed by atoms with Gasteiger partial charge in [-0.15, -0.1) is 0 Å². The molecule has 0 aliphatic rings. The molecular formula is C14H14N2O. The summed E-state index contributed by atoms with van der Waals surface area (Å²) in [4.78, 5) is 8.87. The normalized spacial score (nSPS) is 11.4. The number of hydrogen-bond donors (Lipinski definition) is 0. The Labute approximate surface area is 99.5 Å². The van der Waals surface area contributed by atoms with Crippen LogP contribution in [0.2, 0.25) is 0 Å². The van der Waals surface area contributed by atoms with Crippen LogP contribution in [0.1, 0.15) is 24.8 Å². The van der Waals surface area contributed by atoms with E-state index in [1.165, 1.54) is 5.56 Å². The third-order valence-corrected chi connectivity index (χ3v) is 2.89. The summed E-state index contributed by atoms with van der Waals surface area (Å²) in [7, 11) is 0. The van der Waals surface area contributed by atoms with E-state index in [1.807, 2.05) is 0 Å². The fourth-order valence-electron chi connectivity index (χ4n) is 2.05. The highest BCUT2D eigenvalue weighted by Gasteiger charge is 2.09. The van der Waals surface area contributed by atoms with Gasteiger partial charge in [-0.2, -0.15) is 0 Å². The minimum absolute atomic E-state index is 0.803. The van der Waals surface area contributed by atoms with Crippen LogP contribution < -0.4 is 0 Å². The highest BCUT2D eigenvalue weighted by Crippen LogP contribution is 2.25. The van der Waals surface area contributed by atoms with E-state index in [2.05, 4.69) is 42.0 Å². The molecule has 3 aromatic rings. The summed E-state index contributed by atoms with van der Waals surface area (Å²) >= 11 is 0. The standard InChI is InChI=1S/C14H14N2O/c1-3-4-13-16-12-8-15-11-7-9(2)5-6-10(11)14(12)17-13/h5-8H,3-4H2,1-2H3. The first kappa shape index (κ1) is 10.3. The zero-order valence-electron chi connectivity index (χ0n) is 10.0.